The lowest BCUT2D eigenvalue weighted by Crippen LogP contribution is -2.39. The van der Waals surface area contributed by atoms with Crippen molar-refractivity contribution in [3.63, 3.8) is 0 Å². The van der Waals surface area contributed by atoms with E-state index in [1.54, 1.807) is 24.3 Å². The van der Waals surface area contributed by atoms with E-state index in [0.717, 1.165) is 30.6 Å². The monoisotopic (exact) mass is 365 g/mol. The fourth-order valence-corrected chi connectivity index (χ4v) is 3.66. The van der Waals surface area contributed by atoms with E-state index in [1.807, 2.05) is 29.2 Å². The zero-order valence-corrected chi connectivity index (χ0v) is 15.1. The summed E-state index contributed by atoms with van der Waals surface area (Å²) in [5.41, 5.74) is 0.749. The molecule has 2 aliphatic heterocycles. The number of likely N-dealkylation sites (tertiary alicyclic amines) is 1. The van der Waals surface area contributed by atoms with Crippen molar-refractivity contribution < 1.29 is 19.4 Å². The Morgan fingerprint density at radius 3 is 2.81 bits per heavy atom. The molecular weight excluding hydrogens is 342 g/mol. The van der Waals surface area contributed by atoms with Gasteiger partial charge in [-0.3, -0.25) is 4.79 Å². The summed E-state index contributed by atoms with van der Waals surface area (Å²) >= 11 is 0. The molecule has 0 unspecified atom stereocenters. The summed E-state index contributed by atoms with van der Waals surface area (Å²) in [6, 6.07) is 14.7. The van der Waals surface area contributed by atoms with Gasteiger partial charge in [0.1, 0.15) is 11.4 Å². The molecular formula is C22H23NO4. The van der Waals surface area contributed by atoms with Gasteiger partial charge in [-0.25, -0.2) is 0 Å². The molecule has 0 bridgehead atoms. The van der Waals surface area contributed by atoms with Crippen molar-refractivity contribution in [2.45, 2.75) is 24.9 Å². The quantitative estimate of drug-likeness (QED) is 0.902. The maximum atomic E-state index is 12.6. The molecule has 1 spiro atoms. The lowest BCUT2D eigenvalue weighted by atomic mass is 9.91. The maximum absolute atomic E-state index is 12.6. The first-order valence-corrected chi connectivity index (χ1v) is 9.31. The number of nitrogens with zero attached hydrogens (tertiary/aromatic N) is 1. The molecule has 5 heteroatoms. The fourth-order valence-electron chi connectivity index (χ4n) is 3.66. The van der Waals surface area contributed by atoms with Crippen LogP contribution >= 0.6 is 0 Å². The molecule has 140 valence electrons. The second-order valence-electron chi connectivity index (χ2n) is 7.03. The minimum absolute atomic E-state index is 0.0412. The molecule has 0 radical (unpaired) electrons. The molecule has 2 aliphatic rings. The number of fused-ring (bicyclic) bond motifs is 1. The summed E-state index contributed by atoms with van der Waals surface area (Å²) < 4.78 is 11.8. The van der Waals surface area contributed by atoms with Crippen LogP contribution in [0.25, 0.3) is 6.08 Å². The van der Waals surface area contributed by atoms with E-state index in [9.17, 15) is 9.90 Å². The standard InChI is InChI=1S/C22H23NO4/c24-18-7-2-4-9-20(18)26-16-21(25)23-14-5-11-22(13-15-23)12-10-17-6-1-3-8-19(17)27-22/h1-4,6-10,12,24H,5,11,13-16H2/t22-/m1/s1. The minimum Gasteiger partial charge on any atom is -0.504 e. The van der Waals surface area contributed by atoms with Gasteiger partial charge in [0.25, 0.3) is 5.91 Å². The number of hydrogen-bond acceptors (Lipinski definition) is 4. The first-order valence-electron chi connectivity index (χ1n) is 9.31. The second-order valence-corrected chi connectivity index (χ2v) is 7.03. The van der Waals surface area contributed by atoms with Gasteiger partial charge < -0.3 is 19.5 Å². The van der Waals surface area contributed by atoms with Crippen LogP contribution in [-0.4, -0.2) is 41.2 Å². The first-order chi connectivity index (χ1) is 13.2. The van der Waals surface area contributed by atoms with Crippen molar-refractivity contribution >= 4 is 12.0 Å². The maximum Gasteiger partial charge on any atom is 0.260 e. The lowest BCUT2D eigenvalue weighted by molar-refractivity contribution is -0.133. The van der Waals surface area contributed by atoms with Gasteiger partial charge in [-0.2, -0.15) is 0 Å². The first kappa shape index (κ1) is 17.5. The summed E-state index contributed by atoms with van der Waals surface area (Å²) in [5, 5.41) is 9.75. The highest BCUT2D eigenvalue weighted by atomic mass is 16.5. The number of aromatic hydroxyl groups is 1. The molecule has 0 aromatic heterocycles. The normalized spacial score (nSPS) is 21.3. The number of amides is 1. The Hall–Kier alpha value is -2.95. The zero-order valence-electron chi connectivity index (χ0n) is 15.1. The van der Waals surface area contributed by atoms with Crippen LogP contribution in [0.3, 0.4) is 0 Å². The van der Waals surface area contributed by atoms with Gasteiger partial charge in [-0.15, -0.1) is 0 Å². The van der Waals surface area contributed by atoms with Crippen LogP contribution in [0, 0.1) is 0 Å². The molecule has 0 saturated carbocycles. The number of rotatable bonds is 3. The average Bonchev–Trinajstić information content (AvgIpc) is 2.90. The molecule has 4 rings (SSSR count). The molecule has 0 aliphatic carbocycles. The molecule has 2 aromatic carbocycles. The largest absolute Gasteiger partial charge is 0.504 e. The van der Waals surface area contributed by atoms with Crippen LogP contribution in [-0.2, 0) is 4.79 Å². The Bertz CT molecular complexity index is 863. The van der Waals surface area contributed by atoms with E-state index in [4.69, 9.17) is 9.47 Å². The average molecular weight is 365 g/mol. The van der Waals surface area contributed by atoms with E-state index in [1.165, 1.54) is 0 Å². The Balaban J connectivity index is 1.38. The smallest absolute Gasteiger partial charge is 0.260 e. The van der Waals surface area contributed by atoms with Crippen molar-refractivity contribution in [2.75, 3.05) is 19.7 Å². The number of para-hydroxylation sites is 3. The molecule has 2 aromatic rings. The van der Waals surface area contributed by atoms with Crippen molar-refractivity contribution in [1.82, 2.24) is 4.90 Å². The Morgan fingerprint density at radius 1 is 1.11 bits per heavy atom. The Kier molecular flexibility index (Phi) is 4.75. The third-order valence-corrected chi connectivity index (χ3v) is 5.20. The third-order valence-electron chi connectivity index (χ3n) is 5.20. The number of phenols is 1. The van der Waals surface area contributed by atoms with E-state index in [2.05, 4.69) is 12.2 Å². The van der Waals surface area contributed by atoms with Crippen LogP contribution in [0.5, 0.6) is 17.2 Å². The topological polar surface area (TPSA) is 59.0 Å². The summed E-state index contributed by atoms with van der Waals surface area (Å²) in [6.45, 7) is 1.23. The molecule has 1 atom stereocenters. The van der Waals surface area contributed by atoms with Gasteiger partial charge in [-0.05, 0) is 37.1 Å². The Labute approximate surface area is 158 Å². The number of hydrogen-bond donors (Lipinski definition) is 1. The summed E-state index contributed by atoms with van der Waals surface area (Å²) in [7, 11) is 0. The van der Waals surface area contributed by atoms with Crippen LogP contribution in [0.1, 0.15) is 24.8 Å². The fraction of sp³-hybridized carbons (Fsp3) is 0.318. The Morgan fingerprint density at radius 2 is 1.93 bits per heavy atom. The van der Waals surface area contributed by atoms with Crippen molar-refractivity contribution in [3.05, 3.63) is 60.2 Å². The van der Waals surface area contributed by atoms with Gasteiger partial charge in [-0.1, -0.05) is 36.4 Å². The molecule has 1 amide bonds. The van der Waals surface area contributed by atoms with Gasteiger partial charge in [0.2, 0.25) is 0 Å². The highest BCUT2D eigenvalue weighted by Gasteiger charge is 2.35. The molecule has 1 saturated heterocycles. The van der Waals surface area contributed by atoms with Gasteiger partial charge in [0, 0.05) is 25.1 Å². The second kappa shape index (κ2) is 7.35. The highest BCUT2D eigenvalue weighted by molar-refractivity contribution is 5.78. The van der Waals surface area contributed by atoms with E-state index < -0.39 is 0 Å². The van der Waals surface area contributed by atoms with Crippen molar-refractivity contribution in [1.29, 1.82) is 0 Å². The number of carbonyl (C=O) groups excluding carboxylic acids is 1. The third kappa shape index (κ3) is 3.77. The van der Waals surface area contributed by atoms with Gasteiger partial charge in [0.15, 0.2) is 18.1 Å². The van der Waals surface area contributed by atoms with Crippen LogP contribution < -0.4 is 9.47 Å². The van der Waals surface area contributed by atoms with Gasteiger partial charge >= 0.3 is 0 Å². The summed E-state index contributed by atoms with van der Waals surface area (Å²) in [4.78, 5) is 14.4. The predicted octanol–water partition coefficient (Wildman–Crippen LogP) is 3.63. The van der Waals surface area contributed by atoms with Crippen LogP contribution in [0.2, 0.25) is 0 Å². The number of phenolic OH excluding ortho intramolecular Hbond substituents is 1. The van der Waals surface area contributed by atoms with E-state index in [-0.39, 0.29) is 23.9 Å². The molecule has 27 heavy (non-hydrogen) atoms. The molecule has 5 nitrogen and oxygen atoms in total. The molecule has 2 heterocycles. The highest BCUT2D eigenvalue weighted by Crippen LogP contribution is 2.37. The molecule has 1 N–H and O–H groups in total. The minimum atomic E-state index is -0.345. The van der Waals surface area contributed by atoms with Gasteiger partial charge in [0.05, 0.1) is 0 Å². The molecule has 1 fully saturated rings. The predicted molar refractivity (Wildman–Crippen MR) is 103 cm³/mol. The summed E-state index contributed by atoms with van der Waals surface area (Å²) in [6.07, 6.45) is 6.76. The van der Waals surface area contributed by atoms with E-state index >= 15 is 0 Å². The van der Waals surface area contributed by atoms with Crippen molar-refractivity contribution in [3.8, 4) is 17.2 Å². The summed E-state index contributed by atoms with van der Waals surface area (Å²) in [5.74, 6) is 1.20. The number of carbonyl (C=O) groups is 1. The van der Waals surface area contributed by atoms with Crippen LogP contribution in [0.4, 0.5) is 0 Å². The number of ether oxygens (including phenoxy) is 2. The van der Waals surface area contributed by atoms with Crippen LogP contribution in [0.15, 0.2) is 54.6 Å². The van der Waals surface area contributed by atoms with E-state index in [0.29, 0.717) is 18.8 Å². The SMILES string of the molecule is O=C(COc1ccccc1O)N1CCC[C@@]2(C=Cc3ccccc3O2)CC1. The zero-order chi connectivity index (χ0) is 18.7. The van der Waals surface area contributed by atoms with Crippen molar-refractivity contribution in [2.24, 2.45) is 0 Å². The lowest BCUT2D eigenvalue weighted by Gasteiger charge is -2.34. The number of benzene rings is 2.